The normalized spacial score (nSPS) is 11.6. The van der Waals surface area contributed by atoms with Crippen molar-refractivity contribution in [1.82, 2.24) is 15.0 Å². The topological polar surface area (TPSA) is 105 Å². The van der Waals surface area contributed by atoms with E-state index in [-0.39, 0.29) is 16.6 Å². The highest BCUT2D eigenvalue weighted by Gasteiger charge is 2.27. The first-order valence-electron chi connectivity index (χ1n) is 10.5. The van der Waals surface area contributed by atoms with Gasteiger partial charge in [-0.15, -0.1) is 0 Å². The van der Waals surface area contributed by atoms with Crippen molar-refractivity contribution >= 4 is 32.5 Å². The molecule has 0 aliphatic heterocycles. The molecule has 3 aromatic heterocycles. The van der Waals surface area contributed by atoms with Gasteiger partial charge in [0.15, 0.2) is 5.82 Å². The summed E-state index contributed by atoms with van der Waals surface area (Å²) in [5, 5.41) is 0.269. The van der Waals surface area contributed by atoms with Gasteiger partial charge in [0, 0.05) is 41.3 Å². The van der Waals surface area contributed by atoms with Crippen LogP contribution >= 0.6 is 0 Å². The summed E-state index contributed by atoms with van der Waals surface area (Å²) in [5.74, 6) is -6.21. The summed E-state index contributed by atoms with van der Waals surface area (Å²) >= 11 is 0. The number of nitrogens with one attached hydrogen (secondary N) is 2. The second-order valence-corrected chi connectivity index (χ2v) is 9.50. The number of aromatic amines is 1. The molecule has 186 valence electrons. The molecule has 5 rings (SSSR count). The number of aromatic nitrogens is 3. The molecule has 0 aliphatic rings. The number of fused-ring (bicyclic) bond motifs is 1. The molecule has 3 heterocycles. The molecule has 5 aromatic rings. The van der Waals surface area contributed by atoms with E-state index in [2.05, 4.69) is 15.0 Å². The van der Waals surface area contributed by atoms with Crippen LogP contribution in [0.4, 0.5) is 23.2 Å². The number of hydrogen-bond acceptors (Lipinski definition) is 5. The van der Waals surface area contributed by atoms with Gasteiger partial charge in [-0.2, -0.15) is 0 Å². The number of H-pyrrole nitrogens is 1. The average Bonchev–Trinajstić information content (AvgIpc) is 3.31. The Bertz CT molecular complexity index is 1790. The largest absolute Gasteiger partial charge is 0.345 e. The van der Waals surface area contributed by atoms with Crippen LogP contribution in [0.5, 0.6) is 0 Å². The lowest BCUT2D eigenvalue weighted by molar-refractivity contribution is 0.103. The third-order valence-electron chi connectivity index (χ3n) is 5.53. The smallest absolute Gasteiger partial charge is 0.265 e. The van der Waals surface area contributed by atoms with E-state index in [0.717, 1.165) is 11.6 Å². The number of carbonyl (C=O) groups is 1. The van der Waals surface area contributed by atoms with Gasteiger partial charge in [-0.25, -0.2) is 31.0 Å². The van der Waals surface area contributed by atoms with E-state index in [0.29, 0.717) is 29.8 Å². The van der Waals surface area contributed by atoms with Gasteiger partial charge in [-0.05, 0) is 54.1 Å². The quantitative estimate of drug-likeness (QED) is 0.233. The molecule has 0 amide bonds. The Morgan fingerprint density at radius 3 is 2.38 bits per heavy atom. The molecule has 0 bridgehead atoms. The fourth-order valence-electron chi connectivity index (χ4n) is 3.75. The maximum Gasteiger partial charge on any atom is 0.265 e. The molecule has 0 aliphatic carbocycles. The van der Waals surface area contributed by atoms with Crippen molar-refractivity contribution in [3.8, 4) is 11.1 Å². The first-order valence-corrected chi connectivity index (χ1v) is 12.0. The van der Waals surface area contributed by atoms with Crippen LogP contribution in [0.1, 0.15) is 15.9 Å². The molecule has 0 saturated heterocycles. The third kappa shape index (κ3) is 4.42. The van der Waals surface area contributed by atoms with Crippen LogP contribution in [-0.2, 0) is 10.0 Å². The molecule has 0 spiro atoms. The molecule has 0 fully saturated rings. The van der Waals surface area contributed by atoms with Crippen LogP contribution in [0.15, 0.2) is 78.2 Å². The van der Waals surface area contributed by atoms with Crippen LogP contribution in [0.25, 0.3) is 22.2 Å². The highest BCUT2D eigenvalue weighted by Crippen LogP contribution is 2.30. The summed E-state index contributed by atoms with van der Waals surface area (Å²) < 4.78 is 84.5. The minimum absolute atomic E-state index is 0.118. The molecule has 7 nitrogen and oxygen atoms in total. The molecule has 2 N–H and O–H groups in total. The lowest BCUT2D eigenvalue weighted by Gasteiger charge is -2.12. The minimum atomic E-state index is -4.83. The van der Waals surface area contributed by atoms with Gasteiger partial charge in [0.2, 0.25) is 5.78 Å². The van der Waals surface area contributed by atoms with Crippen molar-refractivity contribution in [2.45, 2.75) is 4.90 Å². The third-order valence-corrected chi connectivity index (χ3v) is 6.92. The summed E-state index contributed by atoms with van der Waals surface area (Å²) in [4.78, 5) is 23.1. The summed E-state index contributed by atoms with van der Waals surface area (Å²) in [6.45, 7) is 0. The number of pyridine rings is 2. The van der Waals surface area contributed by atoms with Crippen molar-refractivity contribution in [3.05, 3.63) is 108 Å². The molecular formula is C25H14F4N4O3S. The van der Waals surface area contributed by atoms with Gasteiger partial charge in [0.25, 0.3) is 10.0 Å². The fourth-order valence-corrected chi connectivity index (χ4v) is 4.90. The monoisotopic (exact) mass is 526 g/mol. The molecule has 0 saturated carbocycles. The first-order chi connectivity index (χ1) is 17.7. The number of halogens is 4. The Balaban J connectivity index is 1.56. The summed E-state index contributed by atoms with van der Waals surface area (Å²) in [6.07, 6.45) is 5.91. The van der Waals surface area contributed by atoms with E-state index >= 15 is 4.39 Å². The highest BCUT2D eigenvalue weighted by atomic mass is 32.2. The predicted molar refractivity (Wildman–Crippen MR) is 126 cm³/mol. The van der Waals surface area contributed by atoms with Crippen LogP contribution in [0.3, 0.4) is 0 Å². The van der Waals surface area contributed by atoms with Crippen molar-refractivity contribution in [3.63, 3.8) is 0 Å². The van der Waals surface area contributed by atoms with E-state index in [9.17, 15) is 26.4 Å². The zero-order chi connectivity index (χ0) is 26.3. The lowest BCUT2D eigenvalue weighted by Crippen LogP contribution is -2.17. The fraction of sp³-hybridized carbons (Fsp3) is 0. The molecule has 0 atom stereocenters. The van der Waals surface area contributed by atoms with Gasteiger partial charge in [0.1, 0.15) is 28.0 Å². The van der Waals surface area contributed by atoms with E-state index in [1.54, 1.807) is 41.5 Å². The van der Waals surface area contributed by atoms with E-state index in [1.807, 2.05) is 0 Å². The van der Waals surface area contributed by atoms with Crippen molar-refractivity contribution in [2.75, 3.05) is 4.72 Å². The Kier molecular flexibility index (Phi) is 5.96. The number of benzene rings is 2. The molecule has 2 aromatic carbocycles. The predicted octanol–water partition coefficient (Wildman–Crippen LogP) is 5.21. The van der Waals surface area contributed by atoms with Crippen LogP contribution < -0.4 is 4.72 Å². The van der Waals surface area contributed by atoms with Gasteiger partial charge in [0.05, 0.1) is 11.3 Å². The number of nitrogens with zero attached hydrogens (tertiary/aromatic N) is 2. The second-order valence-electron chi connectivity index (χ2n) is 7.85. The van der Waals surface area contributed by atoms with E-state index in [4.69, 9.17) is 0 Å². The first kappa shape index (κ1) is 24.1. The molecule has 37 heavy (non-hydrogen) atoms. The number of carbonyl (C=O) groups excluding carboxylic acids is 1. The summed E-state index contributed by atoms with van der Waals surface area (Å²) in [5.41, 5.74) is -0.364. The maximum atomic E-state index is 15.4. The van der Waals surface area contributed by atoms with Crippen LogP contribution in [-0.4, -0.2) is 29.2 Å². The molecular weight excluding hydrogens is 512 g/mol. The highest BCUT2D eigenvalue weighted by molar-refractivity contribution is 7.92. The van der Waals surface area contributed by atoms with Gasteiger partial charge in [-0.1, -0.05) is 0 Å². The van der Waals surface area contributed by atoms with Gasteiger partial charge in [-0.3, -0.25) is 14.5 Å². The van der Waals surface area contributed by atoms with Crippen molar-refractivity contribution in [1.29, 1.82) is 0 Å². The molecule has 0 radical (unpaired) electrons. The van der Waals surface area contributed by atoms with Crippen LogP contribution in [0, 0.1) is 23.3 Å². The molecule has 0 unspecified atom stereocenters. The Hall–Kier alpha value is -4.58. The van der Waals surface area contributed by atoms with Crippen molar-refractivity contribution in [2.24, 2.45) is 0 Å². The minimum Gasteiger partial charge on any atom is -0.345 e. The number of ketones is 1. The SMILES string of the molecule is O=C(c1c(F)ccc(NS(=O)(=O)c2cc(F)ccc2F)c1F)c1c[nH]c2ncc(-c3ccncc3)cc12. The van der Waals surface area contributed by atoms with Crippen LogP contribution in [0.2, 0.25) is 0 Å². The standard InChI is InChI=1S/C25H14F4N4O3S/c26-15-1-2-18(27)21(10-15)37(35,36)33-20-4-3-19(28)22(23(20)29)24(34)17-12-32-25-16(17)9-14(11-31-25)13-5-7-30-8-6-13/h1-12,33H,(H,31,32). The lowest BCUT2D eigenvalue weighted by atomic mass is 10.00. The number of sulfonamides is 1. The summed E-state index contributed by atoms with van der Waals surface area (Å²) in [7, 11) is -4.83. The zero-order valence-corrected chi connectivity index (χ0v) is 19.3. The Morgan fingerprint density at radius 1 is 0.892 bits per heavy atom. The number of anilines is 1. The molecule has 12 heteroatoms. The second kappa shape index (κ2) is 9.13. The summed E-state index contributed by atoms with van der Waals surface area (Å²) in [6, 6.07) is 8.16. The van der Waals surface area contributed by atoms with E-state index < -0.39 is 55.2 Å². The number of rotatable bonds is 6. The Labute approximate surface area is 206 Å². The van der Waals surface area contributed by atoms with Crippen molar-refractivity contribution < 1.29 is 30.8 Å². The zero-order valence-electron chi connectivity index (χ0n) is 18.5. The number of hydrogen-bond donors (Lipinski definition) is 2. The average molecular weight is 526 g/mol. The van der Waals surface area contributed by atoms with Gasteiger partial charge >= 0.3 is 0 Å². The van der Waals surface area contributed by atoms with Gasteiger partial charge < -0.3 is 4.98 Å². The maximum absolute atomic E-state index is 15.4. The van der Waals surface area contributed by atoms with E-state index in [1.165, 1.54) is 6.20 Å². The Morgan fingerprint density at radius 2 is 1.62 bits per heavy atom.